The molecule has 1 aromatic carbocycles. The average molecular weight is 293 g/mol. The van der Waals surface area contributed by atoms with Crippen LogP contribution in [0, 0.1) is 0 Å². The van der Waals surface area contributed by atoms with Crippen molar-refractivity contribution in [1.82, 2.24) is 5.32 Å². The van der Waals surface area contributed by atoms with E-state index in [0.717, 1.165) is 25.7 Å². The van der Waals surface area contributed by atoms with Gasteiger partial charge in [-0.15, -0.1) is 0 Å². The molecule has 1 aliphatic carbocycles. The van der Waals surface area contributed by atoms with Crippen molar-refractivity contribution >= 4 is 29.1 Å². The van der Waals surface area contributed by atoms with Crippen molar-refractivity contribution in [2.75, 3.05) is 11.4 Å². The summed E-state index contributed by atoms with van der Waals surface area (Å²) in [7, 11) is 0. The van der Waals surface area contributed by atoms with E-state index in [-0.39, 0.29) is 11.8 Å². The Morgan fingerprint density at radius 1 is 1.15 bits per heavy atom. The van der Waals surface area contributed by atoms with E-state index in [0.29, 0.717) is 23.7 Å². The molecule has 106 valence electrons. The van der Waals surface area contributed by atoms with Crippen molar-refractivity contribution < 1.29 is 9.59 Å². The Kier molecular flexibility index (Phi) is 3.42. The maximum Gasteiger partial charge on any atom is 0.252 e. The Hall–Kier alpha value is -1.55. The van der Waals surface area contributed by atoms with Gasteiger partial charge in [0.1, 0.15) is 5.54 Å². The van der Waals surface area contributed by atoms with Gasteiger partial charge < -0.3 is 10.2 Å². The lowest BCUT2D eigenvalue weighted by Crippen LogP contribution is -2.55. The molecule has 0 aromatic heterocycles. The summed E-state index contributed by atoms with van der Waals surface area (Å²) in [5, 5.41) is 3.49. The highest BCUT2D eigenvalue weighted by atomic mass is 35.5. The van der Waals surface area contributed by atoms with Crippen molar-refractivity contribution in [3.05, 3.63) is 29.3 Å². The molecule has 1 saturated heterocycles. The Morgan fingerprint density at radius 3 is 2.55 bits per heavy atom. The number of nitrogens with zero attached hydrogens (tertiary/aromatic N) is 1. The fraction of sp³-hybridized carbons (Fsp3) is 0.467. The van der Waals surface area contributed by atoms with Gasteiger partial charge in [0.25, 0.3) is 5.91 Å². The van der Waals surface area contributed by atoms with Gasteiger partial charge in [-0.05, 0) is 25.0 Å². The van der Waals surface area contributed by atoms with Gasteiger partial charge in [0.2, 0.25) is 5.91 Å². The summed E-state index contributed by atoms with van der Waals surface area (Å²) in [6.45, 7) is 0.385. The maximum absolute atomic E-state index is 12.9. The first-order valence-corrected chi connectivity index (χ1v) is 7.38. The molecule has 4 nitrogen and oxygen atoms in total. The summed E-state index contributed by atoms with van der Waals surface area (Å²) in [6, 6.07) is 7.29. The first-order valence-electron chi connectivity index (χ1n) is 7.00. The first kappa shape index (κ1) is 13.4. The predicted molar refractivity (Wildman–Crippen MR) is 77.8 cm³/mol. The van der Waals surface area contributed by atoms with Crippen LogP contribution in [0.3, 0.4) is 0 Å². The molecule has 5 heteroatoms. The average Bonchev–Trinajstić information content (AvgIpc) is 2.85. The third kappa shape index (κ3) is 2.18. The lowest BCUT2D eigenvalue weighted by Gasteiger charge is -2.32. The summed E-state index contributed by atoms with van der Waals surface area (Å²) in [5.74, 6) is -0.0660. The molecule has 1 spiro atoms. The van der Waals surface area contributed by atoms with E-state index < -0.39 is 5.54 Å². The summed E-state index contributed by atoms with van der Waals surface area (Å²) in [6.07, 6.45) is 3.71. The third-order valence-corrected chi connectivity index (χ3v) is 4.52. The van der Waals surface area contributed by atoms with Crippen molar-refractivity contribution in [3.8, 4) is 0 Å². The Labute approximate surface area is 123 Å². The number of para-hydroxylation sites is 1. The van der Waals surface area contributed by atoms with E-state index in [9.17, 15) is 9.59 Å². The lowest BCUT2D eigenvalue weighted by atomic mass is 9.95. The van der Waals surface area contributed by atoms with E-state index in [1.165, 1.54) is 0 Å². The van der Waals surface area contributed by atoms with Gasteiger partial charge in [-0.2, -0.15) is 0 Å². The van der Waals surface area contributed by atoms with E-state index >= 15 is 0 Å². The molecular weight excluding hydrogens is 276 g/mol. The number of hydrogen-bond acceptors (Lipinski definition) is 2. The van der Waals surface area contributed by atoms with E-state index in [1.54, 1.807) is 11.0 Å². The fourth-order valence-electron chi connectivity index (χ4n) is 3.17. The molecule has 0 unspecified atom stereocenters. The monoisotopic (exact) mass is 292 g/mol. The second-order valence-electron chi connectivity index (χ2n) is 5.50. The minimum absolute atomic E-state index is 0.0195. The number of carbonyl (C=O) groups is 2. The van der Waals surface area contributed by atoms with Crippen molar-refractivity contribution in [1.29, 1.82) is 0 Å². The highest BCUT2D eigenvalue weighted by Gasteiger charge is 2.46. The molecule has 0 atom stereocenters. The Morgan fingerprint density at radius 2 is 1.85 bits per heavy atom. The quantitative estimate of drug-likeness (QED) is 0.864. The number of benzene rings is 1. The zero-order valence-corrected chi connectivity index (χ0v) is 11.9. The number of nitrogens with one attached hydrogen (secondary N) is 1. The highest BCUT2D eigenvalue weighted by molar-refractivity contribution is 6.34. The number of amides is 2. The van der Waals surface area contributed by atoms with Crippen LogP contribution in [-0.2, 0) is 9.59 Å². The molecule has 2 fully saturated rings. The van der Waals surface area contributed by atoms with Crippen LogP contribution in [0.15, 0.2) is 24.3 Å². The summed E-state index contributed by atoms with van der Waals surface area (Å²) < 4.78 is 0. The van der Waals surface area contributed by atoms with Crippen molar-refractivity contribution in [3.63, 3.8) is 0 Å². The zero-order valence-electron chi connectivity index (χ0n) is 11.2. The fourth-order valence-corrected chi connectivity index (χ4v) is 3.41. The minimum Gasteiger partial charge on any atom is -0.342 e. The van der Waals surface area contributed by atoms with Crippen molar-refractivity contribution in [2.45, 2.75) is 37.6 Å². The van der Waals surface area contributed by atoms with E-state index in [1.807, 2.05) is 18.2 Å². The van der Waals surface area contributed by atoms with Crippen LogP contribution in [0.4, 0.5) is 5.69 Å². The number of carbonyl (C=O) groups excluding carboxylic acids is 2. The molecule has 1 saturated carbocycles. The molecular formula is C15H17ClN2O2. The Balaban J connectivity index is 2.00. The predicted octanol–water partition coefficient (Wildman–Crippen LogP) is 2.51. The van der Waals surface area contributed by atoms with Crippen LogP contribution < -0.4 is 10.2 Å². The maximum atomic E-state index is 12.9. The van der Waals surface area contributed by atoms with Gasteiger partial charge in [-0.25, -0.2) is 0 Å². The molecule has 0 bridgehead atoms. The van der Waals surface area contributed by atoms with Crippen LogP contribution >= 0.6 is 11.6 Å². The first-order chi connectivity index (χ1) is 9.62. The molecule has 1 N–H and O–H groups in total. The molecule has 3 rings (SSSR count). The largest absolute Gasteiger partial charge is 0.342 e. The molecule has 1 aliphatic heterocycles. The summed E-state index contributed by atoms with van der Waals surface area (Å²) in [5.41, 5.74) is -0.0193. The Bertz CT molecular complexity index is 553. The molecule has 2 amide bonds. The number of anilines is 1. The second kappa shape index (κ2) is 5.09. The molecule has 20 heavy (non-hydrogen) atoms. The van der Waals surface area contributed by atoms with Crippen LogP contribution in [0.25, 0.3) is 0 Å². The SMILES string of the molecule is O=C1CCN(c2ccccc2Cl)C(=O)C2(CCCC2)N1. The molecule has 1 aromatic rings. The minimum atomic E-state index is -0.716. The highest BCUT2D eigenvalue weighted by Crippen LogP contribution is 2.36. The van der Waals surface area contributed by atoms with Crippen LogP contribution in [0.1, 0.15) is 32.1 Å². The lowest BCUT2D eigenvalue weighted by molar-refractivity contribution is -0.129. The van der Waals surface area contributed by atoms with Gasteiger partial charge in [-0.1, -0.05) is 36.6 Å². The normalized spacial score (nSPS) is 21.9. The number of rotatable bonds is 1. The van der Waals surface area contributed by atoms with Gasteiger partial charge in [0.05, 0.1) is 10.7 Å². The van der Waals surface area contributed by atoms with Gasteiger partial charge in [0.15, 0.2) is 0 Å². The second-order valence-corrected chi connectivity index (χ2v) is 5.90. The standard InChI is InChI=1S/C15H17ClN2O2/c16-11-5-1-2-6-12(11)18-10-7-13(19)17-15(14(18)20)8-3-4-9-15/h1-2,5-6H,3-4,7-10H2,(H,17,19). The van der Waals surface area contributed by atoms with Crippen LogP contribution in [0.2, 0.25) is 5.02 Å². The zero-order chi connectivity index (χ0) is 14.2. The smallest absolute Gasteiger partial charge is 0.252 e. The number of hydrogen-bond donors (Lipinski definition) is 1. The third-order valence-electron chi connectivity index (χ3n) is 4.20. The van der Waals surface area contributed by atoms with Gasteiger partial charge >= 0.3 is 0 Å². The molecule has 0 radical (unpaired) electrons. The summed E-state index contributed by atoms with van der Waals surface area (Å²) in [4.78, 5) is 26.5. The van der Waals surface area contributed by atoms with E-state index in [2.05, 4.69) is 5.32 Å². The summed E-state index contributed by atoms with van der Waals surface area (Å²) >= 11 is 6.21. The van der Waals surface area contributed by atoms with E-state index in [4.69, 9.17) is 11.6 Å². The molecule has 2 aliphatic rings. The van der Waals surface area contributed by atoms with Gasteiger partial charge in [-0.3, -0.25) is 9.59 Å². The van der Waals surface area contributed by atoms with Crippen molar-refractivity contribution in [2.24, 2.45) is 0 Å². The topological polar surface area (TPSA) is 49.4 Å². The van der Waals surface area contributed by atoms with Crippen LogP contribution in [-0.4, -0.2) is 23.9 Å². The number of halogens is 1. The molecule has 1 heterocycles. The van der Waals surface area contributed by atoms with Crippen LogP contribution in [0.5, 0.6) is 0 Å². The van der Waals surface area contributed by atoms with Gasteiger partial charge in [0, 0.05) is 13.0 Å².